The summed E-state index contributed by atoms with van der Waals surface area (Å²) in [5, 5.41) is 0. The van der Waals surface area contributed by atoms with Crippen LogP contribution in [0.15, 0.2) is 0 Å². The molecule has 0 bridgehead atoms. The van der Waals surface area contributed by atoms with Gasteiger partial charge < -0.3 is 0 Å². The second-order valence-electron chi connectivity index (χ2n) is 2.41. The fraction of sp³-hybridized carbons (Fsp3) is 1.00. The van der Waals surface area contributed by atoms with E-state index in [-0.39, 0.29) is 27.3 Å². The zero-order chi connectivity index (χ0) is 6.24. The molecule has 0 unspecified atom stereocenters. The van der Waals surface area contributed by atoms with Gasteiger partial charge in [0.1, 0.15) is 0 Å². The minimum absolute atomic E-state index is 0. The second-order valence-corrected chi connectivity index (χ2v) is 2.41. The summed E-state index contributed by atoms with van der Waals surface area (Å²) in [7, 11) is 0. The van der Waals surface area contributed by atoms with E-state index in [1.165, 1.54) is 38.5 Å². The Hall–Kier alpha value is 0.922. The molecule has 0 atom stereocenters. The van der Waals surface area contributed by atoms with Gasteiger partial charge in [-0.1, -0.05) is 52.4 Å². The van der Waals surface area contributed by atoms with E-state index in [9.17, 15) is 0 Å². The molecule has 0 aliphatic carbocycles. The average molecular weight is 321 g/mol. The third-order valence-corrected chi connectivity index (χ3v) is 1.46. The van der Waals surface area contributed by atoms with Crippen molar-refractivity contribution in [1.29, 1.82) is 0 Å². The first-order chi connectivity index (χ1) is 3.91. The van der Waals surface area contributed by atoms with Crippen LogP contribution in [0.25, 0.3) is 0 Å². The quantitative estimate of drug-likeness (QED) is 0.539. The zero-order valence-electron chi connectivity index (χ0n) is 6.74. The third kappa shape index (κ3) is 12.2. The molecule has 0 heterocycles. The normalized spacial score (nSPS) is 8.67. The Bertz CT molecular complexity index is 29.5. The Morgan fingerprint density at radius 2 is 1.00 bits per heavy atom. The van der Waals surface area contributed by atoms with E-state index in [2.05, 4.69) is 13.8 Å². The molecule has 0 N–H and O–H groups in total. The number of hydrogen-bond acceptors (Lipinski definition) is 0. The van der Waals surface area contributed by atoms with Crippen molar-refractivity contribution < 1.29 is 0 Å². The SMILES string of the molecule is CCCCCCCC.[Pb]. The molecular formula is C8H18Pb. The number of unbranched alkanes of at least 4 members (excludes halogenated alkanes) is 5. The second kappa shape index (κ2) is 11.7. The summed E-state index contributed by atoms with van der Waals surface area (Å²) in [6.45, 7) is 4.51. The number of rotatable bonds is 5. The molecule has 9 heavy (non-hydrogen) atoms. The average Bonchev–Trinajstić information content (AvgIpc) is 1.81. The molecule has 0 aliphatic rings. The summed E-state index contributed by atoms with van der Waals surface area (Å²) in [6, 6.07) is 0. The van der Waals surface area contributed by atoms with E-state index in [1.54, 1.807) is 0 Å². The molecule has 0 aromatic carbocycles. The molecule has 0 amide bonds. The Kier molecular flexibility index (Phi) is 16.3. The van der Waals surface area contributed by atoms with Crippen molar-refractivity contribution in [1.82, 2.24) is 0 Å². The molecule has 0 nitrogen and oxygen atoms in total. The van der Waals surface area contributed by atoms with E-state index in [4.69, 9.17) is 0 Å². The first-order valence-electron chi connectivity index (χ1n) is 3.91. The summed E-state index contributed by atoms with van der Waals surface area (Å²) in [5.41, 5.74) is 0. The van der Waals surface area contributed by atoms with Crippen molar-refractivity contribution in [2.24, 2.45) is 0 Å². The van der Waals surface area contributed by atoms with Crippen molar-refractivity contribution in [3.63, 3.8) is 0 Å². The van der Waals surface area contributed by atoms with Crippen molar-refractivity contribution in [3.05, 3.63) is 0 Å². The summed E-state index contributed by atoms with van der Waals surface area (Å²) in [6.07, 6.45) is 8.49. The monoisotopic (exact) mass is 322 g/mol. The molecule has 0 aromatic heterocycles. The Labute approximate surface area is 79.6 Å². The summed E-state index contributed by atoms with van der Waals surface area (Å²) < 4.78 is 0. The molecule has 0 aromatic rings. The van der Waals surface area contributed by atoms with Crippen LogP contribution in [0.4, 0.5) is 0 Å². The molecule has 0 fully saturated rings. The Morgan fingerprint density at radius 1 is 0.667 bits per heavy atom. The van der Waals surface area contributed by atoms with E-state index >= 15 is 0 Å². The van der Waals surface area contributed by atoms with Gasteiger partial charge in [0.05, 0.1) is 0 Å². The van der Waals surface area contributed by atoms with Crippen LogP contribution >= 0.6 is 0 Å². The van der Waals surface area contributed by atoms with E-state index in [0.29, 0.717) is 0 Å². The maximum absolute atomic E-state index is 2.26. The van der Waals surface area contributed by atoms with Crippen LogP contribution in [0.5, 0.6) is 0 Å². The number of hydrogen-bond donors (Lipinski definition) is 0. The maximum Gasteiger partial charge on any atom is 0 e. The van der Waals surface area contributed by atoms with Gasteiger partial charge in [-0.3, -0.25) is 0 Å². The van der Waals surface area contributed by atoms with Crippen LogP contribution in [0.1, 0.15) is 52.4 Å². The summed E-state index contributed by atoms with van der Waals surface area (Å²) in [4.78, 5) is 0. The maximum atomic E-state index is 2.26. The molecule has 0 saturated carbocycles. The minimum atomic E-state index is 0. The van der Waals surface area contributed by atoms with Crippen molar-refractivity contribution in [3.8, 4) is 0 Å². The molecule has 1 heteroatoms. The van der Waals surface area contributed by atoms with Gasteiger partial charge in [-0.05, 0) is 0 Å². The van der Waals surface area contributed by atoms with Crippen molar-refractivity contribution in [2.45, 2.75) is 52.4 Å². The van der Waals surface area contributed by atoms with Gasteiger partial charge in [0, 0.05) is 27.3 Å². The van der Waals surface area contributed by atoms with Gasteiger partial charge >= 0.3 is 0 Å². The fourth-order valence-electron chi connectivity index (χ4n) is 0.854. The first-order valence-corrected chi connectivity index (χ1v) is 3.91. The largest absolute Gasteiger partial charge is 0.0654 e. The van der Waals surface area contributed by atoms with Crippen LogP contribution in [0.2, 0.25) is 0 Å². The molecular weight excluding hydrogens is 303 g/mol. The topological polar surface area (TPSA) is 0 Å². The summed E-state index contributed by atoms with van der Waals surface area (Å²) in [5.74, 6) is 0. The fourth-order valence-corrected chi connectivity index (χ4v) is 0.854. The molecule has 0 rings (SSSR count). The van der Waals surface area contributed by atoms with E-state index < -0.39 is 0 Å². The van der Waals surface area contributed by atoms with Gasteiger partial charge in [-0.25, -0.2) is 0 Å². The van der Waals surface area contributed by atoms with E-state index in [0.717, 1.165) is 0 Å². The van der Waals surface area contributed by atoms with Crippen LogP contribution in [0.3, 0.4) is 0 Å². The molecule has 4 radical (unpaired) electrons. The Morgan fingerprint density at radius 3 is 1.22 bits per heavy atom. The van der Waals surface area contributed by atoms with Crippen molar-refractivity contribution in [2.75, 3.05) is 0 Å². The van der Waals surface area contributed by atoms with Gasteiger partial charge in [-0.2, -0.15) is 0 Å². The van der Waals surface area contributed by atoms with Gasteiger partial charge in [0.25, 0.3) is 0 Å². The van der Waals surface area contributed by atoms with E-state index in [1.807, 2.05) is 0 Å². The Balaban J connectivity index is 0. The predicted octanol–water partition coefficient (Wildman–Crippen LogP) is 2.99. The van der Waals surface area contributed by atoms with Crippen molar-refractivity contribution >= 4 is 27.3 Å². The summed E-state index contributed by atoms with van der Waals surface area (Å²) >= 11 is 0. The van der Waals surface area contributed by atoms with Gasteiger partial charge in [0.2, 0.25) is 0 Å². The van der Waals surface area contributed by atoms with Crippen LogP contribution in [-0.4, -0.2) is 27.3 Å². The zero-order valence-corrected chi connectivity index (χ0v) is 10.6. The van der Waals surface area contributed by atoms with Crippen LogP contribution < -0.4 is 0 Å². The molecule has 54 valence electrons. The molecule has 0 spiro atoms. The molecule has 0 saturated heterocycles. The van der Waals surface area contributed by atoms with Crippen LogP contribution in [-0.2, 0) is 0 Å². The standard InChI is InChI=1S/C8H18.Pb/c1-3-5-7-8-6-4-2;/h3-8H2,1-2H3;. The smallest absolute Gasteiger partial charge is 0 e. The predicted molar refractivity (Wildman–Crippen MR) is 44.8 cm³/mol. The third-order valence-electron chi connectivity index (χ3n) is 1.46. The van der Waals surface area contributed by atoms with Crippen LogP contribution in [0, 0.1) is 0 Å². The minimum Gasteiger partial charge on any atom is -0.0654 e. The molecule has 0 aliphatic heterocycles. The van der Waals surface area contributed by atoms with Gasteiger partial charge in [0.15, 0.2) is 0 Å². The first kappa shape index (κ1) is 12.6. The van der Waals surface area contributed by atoms with Gasteiger partial charge in [-0.15, -0.1) is 0 Å².